The first-order valence-corrected chi connectivity index (χ1v) is 11.4. The highest BCUT2D eigenvalue weighted by molar-refractivity contribution is 7.99. The Hall–Kier alpha value is -1.90. The number of benzene rings is 2. The van der Waals surface area contributed by atoms with E-state index in [0.717, 1.165) is 16.2 Å². The highest BCUT2D eigenvalue weighted by Gasteiger charge is 2.26. The Morgan fingerprint density at radius 3 is 2.71 bits per heavy atom. The molecule has 0 fully saturated rings. The molecule has 1 heterocycles. The van der Waals surface area contributed by atoms with Gasteiger partial charge in [-0.15, -0.1) is 11.8 Å². The fourth-order valence-corrected chi connectivity index (χ4v) is 5.52. The van der Waals surface area contributed by atoms with E-state index in [4.69, 9.17) is 0 Å². The number of fused-ring (bicyclic) bond motifs is 1. The van der Waals surface area contributed by atoms with Gasteiger partial charge in [-0.05, 0) is 62.2 Å². The van der Waals surface area contributed by atoms with Gasteiger partial charge in [0.05, 0.1) is 10.9 Å². The molecule has 8 heteroatoms. The van der Waals surface area contributed by atoms with Crippen molar-refractivity contribution in [2.24, 2.45) is 0 Å². The molecule has 0 saturated heterocycles. The van der Waals surface area contributed by atoms with Gasteiger partial charge in [-0.1, -0.05) is 6.07 Å². The van der Waals surface area contributed by atoms with E-state index >= 15 is 0 Å². The van der Waals surface area contributed by atoms with Gasteiger partial charge in [0.25, 0.3) is 5.91 Å². The largest absolute Gasteiger partial charge is 0.345 e. The molecule has 5 nitrogen and oxygen atoms in total. The van der Waals surface area contributed by atoms with E-state index in [9.17, 15) is 17.6 Å². The van der Waals surface area contributed by atoms with E-state index in [0.29, 0.717) is 6.42 Å². The van der Waals surface area contributed by atoms with Crippen LogP contribution in [0.2, 0.25) is 0 Å². The number of hydrogen-bond acceptors (Lipinski definition) is 4. The van der Waals surface area contributed by atoms with Crippen LogP contribution in [0.15, 0.2) is 52.3 Å². The summed E-state index contributed by atoms with van der Waals surface area (Å²) in [5.74, 6) is 0.0960. The molecule has 0 bridgehead atoms. The molecule has 2 aromatic rings. The second-order valence-corrected chi connectivity index (χ2v) is 10.1. The zero-order valence-electron chi connectivity index (χ0n) is 16.0. The van der Waals surface area contributed by atoms with Crippen molar-refractivity contribution in [2.75, 3.05) is 12.8 Å². The third-order valence-electron chi connectivity index (χ3n) is 4.82. The SMILES string of the molecule is CC(C)N(C)S(=O)(=O)c1cccc(C(=O)N[C@H]2CCSc3ccc(F)cc32)c1. The molecule has 1 amide bonds. The molecule has 0 spiro atoms. The van der Waals surface area contributed by atoms with Crippen LogP contribution in [0.25, 0.3) is 0 Å². The van der Waals surface area contributed by atoms with Crippen LogP contribution in [0.1, 0.15) is 42.2 Å². The minimum absolute atomic E-state index is 0.0713. The molecular weight excluding hydrogens is 399 g/mol. The number of halogens is 1. The number of carbonyl (C=O) groups excluding carboxylic acids is 1. The standard InChI is InChI=1S/C20H23FN2O3S2/c1-13(2)23(3)28(25,26)16-6-4-5-14(11-16)20(24)22-18-9-10-27-19-8-7-15(21)12-17(18)19/h4-8,11-13,18H,9-10H2,1-3H3,(H,22,24)/t18-/m0/s1. The minimum atomic E-state index is -3.68. The quantitative estimate of drug-likeness (QED) is 0.796. The molecule has 0 radical (unpaired) electrons. The molecule has 1 N–H and O–H groups in total. The van der Waals surface area contributed by atoms with Crippen molar-refractivity contribution in [2.45, 2.75) is 42.1 Å². The van der Waals surface area contributed by atoms with Gasteiger partial charge in [0.1, 0.15) is 5.82 Å². The number of amides is 1. The van der Waals surface area contributed by atoms with Crippen molar-refractivity contribution < 1.29 is 17.6 Å². The number of thioether (sulfide) groups is 1. The number of carbonyl (C=O) groups is 1. The van der Waals surface area contributed by atoms with Crippen molar-refractivity contribution in [3.05, 3.63) is 59.4 Å². The van der Waals surface area contributed by atoms with Crippen LogP contribution >= 0.6 is 11.8 Å². The van der Waals surface area contributed by atoms with Gasteiger partial charge >= 0.3 is 0 Å². The molecule has 0 unspecified atom stereocenters. The van der Waals surface area contributed by atoms with Gasteiger partial charge in [-0.2, -0.15) is 4.31 Å². The predicted molar refractivity (Wildman–Crippen MR) is 108 cm³/mol. The molecule has 150 valence electrons. The number of hydrogen-bond donors (Lipinski definition) is 1. The highest BCUT2D eigenvalue weighted by Crippen LogP contribution is 2.36. The van der Waals surface area contributed by atoms with Gasteiger partial charge < -0.3 is 5.32 Å². The zero-order chi connectivity index (χ0) is 20.5. The van der Waals surface area contributed by atoms with Crippen molar-refractivity contribution >= 4 is 27.7 Å². The van der Waals surface area contributed by atoms with Crippen molar-refractivity contribution in [3.8, 4) is 0 Å². The molecule has 28 heavy (non-hydrogen) atoms. The maximum atomic E-state index is 13.7. The molecule has 1 aliphatic heterocycles. The summed E-state index contributed by atoms with van der Waals surface area (Å²) in [4.78, 5) is 13.8. The third kappa shape index (κ3) is 4.24. The fourth-order valence-electron chi connectivity index (χ4n) is 3.00. The van der Waals surface area contributed by atoms with E-state index in [-0.39, 0.29) is 34.3 Å². The summed E-state index contributed by atoms with van der Waals surface area (Å²) in [5.41, 5.74) is 1.02. The minimum Gasteiger partial charge on any atom is -0.345 e. The fraction of sp³-hybridized carbons (Fsp3) is 0.350. The van der Waals surface area contributed by atoms with Gasteiger partial charge in [0.15, 0.2) is 0 Å². The van der Waals surface area contributed by atoms with Crippen LogP contribution in [0.3, 0.4) is 0 Å². The van der Waals surface area contributed by atoms with Crippen LogP contribution in [-0.4, -0.2) is 37.5 Å². The summed E-state index contributed by atoms with van der Waals surface area (Å²) in [6.45, 7) is 3.57. The van der Waals surface area contributed by atoms with Gasteiger partial charge in [0, 0.05) is 29.3 Å². The normalized spacial score (nSPS) is 16.9. The van der Waals surface area contributed by atoms with Gasteiger partial charge in [-0.3, -0.25) is 4.79 Å². The summed E-state index contributed by atoms with van der Waals surface area (Å²) in [6, 6.07) is 10.1. The summed E-state index contributed by atoms with van der Waals surface area (Å²) in [6.07, 6.45) is 0.681. The van der Waals surface area contributed by atoms with Gasteiger partial charge in [-0.25, -0.2) is 12.8 Å². The van der Waals surface area contributed by atoms with Crippen molar-refractivity contribution in [1.29, 1.82) is 0 Å². The van der Waals surface area contributed by atoms with Crippen LogP contribution in [0, 0.1) is 5.82 Å². The lowest BCUT2D eigenvalue weighted by molar-refractivity contribution is 0.0934. The van der Waals surface area contributed by atoms with E-state index in [1.807, 2.05) is 0 Å². The molecule has 2 aromatic carbocycles. The van der Waals surface area contributed by atoms with E-state index < -0.39 is 10.0 Å². The Morgan fingerprint density at radius 2 is 2.00 bits per heavy atom. The molecule has 1 aliphatic rings. The molecule has 0 saturated carbocycles. The first-order chi connectivity index (χ1) is 13.2. The topological polar surface area (TPSA) is 66.5 Å². The second kappa shape index (κ2) is 8.23. The smallest absolute Gasteiger partial charge is 0.251 e. The van der Waals surface area contributed by atoms with Crippen LogP contribution in [-0.2, 0) is 10.0 Å². The summed E-state index contributed by atoms with van der Waals surface area (Å²) in [7, 11) is -2.17. The Bertz CT molecular complexity index is 993. The number of rotatable bonds is 5. The number of nitrogens with one attached hydrogen (secondary N) is 1. The Labute approximate surface area is 169 Å². The molecule has 3 rings (SSSR count). The zero-order valence-corrected chi connectivity index (χ0v) is 17.6. The lowest BCUT2D eigenvalue weighted by atomic mass is 10.0. The van der Waals surface area contributed by atoms with Crippen LogP contribution in [0.5, 0.6) is 0 Å². The van der Waals surface area contributed by atoms with Crippen molar-refractivity contribution in [3.63, 3.8) is 0 Å². The monoisotopic (exact) mass is 422 g/mol. The predicted octanol–water partition coefficient (Wildman–Crippen LogP) is 3.82. The highest BCUT2D eigenvalue weighted by atomic mass is 32.2. The molecule has 0 aliphatic carbocycles. The Morgan fingerprint density at radius 1 is 1.25 bits per heavy atom. The summed E-state index contributed by atoms with van der Waals surface area (Å²) in [5, 5.41) is 2.92. The van der Waals surface area contributed by atoms with E-state index in [1.165, 1.54) is 35.6 Å². The maximum Gasteiger partial charge on any atom is 0.251 e. The second-order valence-electron chi connectivity index (χ2n) is 6.99. The van der Waals surface area contributed by atoms with E-state index in [2.05, 4.69) is 5.32 Å². The van der Waals surface area contributed by atoms with Crippen LogP contribution in [0.4, 0.5) is 4.39 Å². The Kier molecular flexibility index (Phi) is 6.12. The molecule has 1 atom stereocenters. The number of sulfonamides is 1. The summed E-state index contributed by atoms with van der Waals surface area (Å²) >= 11 is 1.63. The first kappa shape index (κ1) is 20.8. The lowest BCUT2D eigenvalue weighted by Crippen LogP contribution is -2.33. The molecule has 0 aromatic heterocycles. The number of nitrogens with zero attached hydrogens (tertiary/aromatic N) is 1. The van der Waals surface area contributed by atoms with E-state index in [1.54, 1.807) is 43.8 Å². The average molecular weight is 423 g/mol. The molecular formula is C20H23FN2O3S2. The maximum absolute atomic E-state index is 13.7. The average Bonchev–Trinajstić information content (AvgIpc) is 2.67. The first-order valence-electron chi connectivity index (χ1n) is 9.01. The Balaban J connectivity index is 1.85. The van der Waals surface area contributed by atoms with Crippen molar-refractivity contribution in [1.82, 2.24) is 9.62 Å². The summed E-state index contributed by atoms with van der Waals surface area (Å²) < 4.78 is 40.3. The third-order valence-corrected chi connectivity index (χ3v) is 7.97. The van der Waals surface area contributed by atoms with Crippen LogP contribution < -0.4 is 5.32 Å². The lowest BCUT2D eigenvalue weighted by Gasteiger charge is -2.26. The van der Waals surface area contributed by atoms with Gasteiger partial charge in [0.2, 0.25) is 10.0 Å².